The van der Waals surface area contributed by atoms with Crippen LogP contribution in [-0.4, -0.2) is 23.4 Å². The highest BCUT2D eigenvalue weighted by atomic mass is 35.5. The third-order valence-corrected chi connectivity index (χ3v) is 5.18. The molecule has 1 aliphatic heterocycles. The number of hydrogen-bond acceptors (Lipinski definition) is 1. The summed E-state index contributed by atoms with van der Waals surface area (Å²) in [6, 6.07) is 5.06. The predicted octanol–water partition coefficient (Wildman–Crippen LogP) is 4.20. The minimum absolute atomic E-state index is 0.284. The lowest BCUT2D eigenvalue weighted by atomic mass is 9.81. The topological polar surface area (TPSA) is 20.3 Å². The van der Waals surface area contributed by atoms with Gasteiger partial charge in [0, 0.05) is 24.0 Å². The standard InChI is InChI=1S/C17H21ClFNO/c18-16-11-14(19)7-6-13(16)9-12-3-1-4-15(10-12)20-8-2-5-17(20)21/h6-7,11-12,15H,1-5,8-10H2. The predicted molar refractivity (Wildman–Crippen MR) is 81.8 cm³/mol. The maximum atomic E-state index is 13.1. The molecule has 0 bridgehead atoms. The average molecular weight is 310 g/mol. The van der Waals surface area contributed by atoms with Crippen LogP contribution in [0.15, 0.2) is 18.2 Å². The van der Waals surface area contributed by atoms with E-state index in [2.05, 4.69) is 4.90 Å². The first-order chi connectivity index (χ1) is 10.1. The zero-order valence-electron chi connectivity index (χ0n) is 12.2. The van der Waals surface area contributed by atoms with Gasteiger partial charge in [-0.3, -0.25) is 4.79 Å². The highest BCUT2D eigenvalue weighted by Gasteiger charge is 2.32. The molecular formula is C17H21ClFNO. The Kier molecular flexibility index (Phi) is 4.48. The summed E-state index contributed by atoms with van der Waals surface area (Å²) < 4.78 is 13.1. The lowest BCUT2D eigenvalue weighted by Crippen LogP contribution is -2.39. The molecule has 0 spiro atoms. The zero-order chi connectivity index (χ0) is 14.8. The third-order valence-electron chi connectivity index (χ3n) is 4.83. The van der Waals surface area contributed by atoms with E-state index < -0.39 is 0 Å². The van der Waals surface area contributed by atoms with Gasteiger partial charge in [0.1, 0.15) is 5.82 Å². The fourth-order valence-corrected chi connectivity index (χ4v) is 4.03. The van der Waals surface area contributed by atoms with Crippen LogP contribution in [0.1, 0.15) is 44.1 Å². The minimum Gasteiger partial charge on any atom is -0.340 e. The Labute approximate surface area is 130 Å². The molecule has 0 aromatic heterocycles. The number of carbonyl (C=O) groups excluding carboxylic acids is 1. The van der Waals surface area contributed by atoms with Crippen molar-refractivity contribution >= 4 is 17.5 Å². The first-order valence-electron chi connectivity index (χ1n) is 7.87. The third kappa shape index (κ3) is 3.39. The van der Waals surface area contributed by atoms with Gasteiger partial charge in [-0.05, 0) is 55.7 Å². The average Bonchev–Trinajstić information content (AvgIpc) is 2.89. The Hall–Kier alpha value is -1.09. The molecule has 21 heavy (non-hydrogen) atoms. The van der Waals surface area contributed by atoms with Crippen molar-refractivity contribution in [1.82, 2.24) is 4.90 Å². The molecule has 1 saturated carbocycles. The normalized spacial score (nSPS) is 26.4. The van der Waals surface area contributed by atoms with Gasteiger partial charge in [0.25, 0.3) is 0 Å². The number of benzene rings is 1. The van der Waals surface area contributed by atoms with Crippen LogP contribution in [-0.2, 0) is 11.2 Å². The van der Waals surface area contributed by atoms with E-state index in [0.29, 0.717) is 29.3 Å². The second kappa shape index (κ2) is 6.35. The molecule has 0 N–H and O–H groups in total. The van der Waals surface area contributed by atoms with E-state index >= 15 is 0 Å². The fourth-order valence-electron chi connectivity index (χ4n) is 3.78. The molecule has 2 nitrogen and oxygen atoms in total. The van der Waals surface area contributed by atoms with E-state index in [1.54, 1.807) is 6.07 Å². The Bertz CT molecular complexity index is 534. The van der Waals surface area contributed by atoms with Crippen LogP contribution >= 0.6 is 11.6 Å². The van der Waals surface area contributed by atoms with Crippen LogP contribution < -0.4 is 0 Å². The van der Waals surface area contributed by atoms with Crippen LogP contribution in [0.3, 0.4) is 0 Å². The SMILES string of the molecule is O=C1CCCN1C1CCCC(Cc2ccc(F)cc2Cl)C1. The second-order valence-electron chi connectivity index (χ2n) is 6.32. The van der Waals surface area contributed by atoms with Gasteiger partial charge in [-0.2, -0.15) is 0 Å². The van der Waals surface area contributed by atoms with Gasteiger partial charge in [-0.15, -0.1) is 0 Å². The van der Waals surface area contributed by atoms with Crippen molar-refractivity contribution in [2.24, 2.45) is 5.92 Å². The molecule has 4 heteroatoms. The van der Waals surface area contributed by atoms with Crippen molar-refractivity contribution < 1.29 is 9.18 Å². The van der Waals surface area contributed by atoms with Gasteiger partial charge >= 0.3 is 0 Å². The molecule has 1 aliphatic carbocycles. The summed E-state index contributed by atoms with van der Waals surface area (Å²) in [6.07, 6.45) is 7.12. The molecule has 0 radical (unpaired) electrons. The first kappa shape index (κ1) is 14.8. The van der Waals surface area contributed by atoms with Gasteiger partial charge in [-0.25, -0.2) is 4.39 Å². The van der Waals surface area contributed by atoms with Gasteiger partial charge in [0.15, 0.2) is 0 Å². The van der Waals surface area contributed by atoms with Crippen molar-refractivity contribution in [2.45, 2.75) is 51.0 Å². The van der Waals surface area contributed by atoms with Crippen molar-refractivity contribution in [3.63, 3.8) is 0 Å². The van der Waals surface area contributed by atoms with E-state index in [0.717, 1.165) is 44.2 Å². The lowest BCUT2D eigenvalue weighted by Gasteiger charge is -2.35. The summed E-state index contributed by atoms with van der Waals surface area (Å²) >= 11 is 6.13. The first-order valence-corrected chi connectivity index (χ1v) is 8.24. The summed E-state index contributed by atoms with van der Waals surface area (Å²) in [5.41, 5.74) is 1.02. The Balaban J connectivity index is 1.64. The van der Waals surface area contributed by atoms with Crippen LogP contribution in [0.25, 0.3) is 0 Å². The molecule has 2 aliphatic rings. The van der Waals surface area contributed by atoms with Crippen molar-refractivity contribution in [3.05, 3.63) is 34.6 Å². The molecule has 1 heterocycles. The molecule has 3 rings (SSSR count). The molecule has 1 aromatic rings. The lowest BCUT2D eigenvalue weighted by molar-refractivity contribution is -0.130. The summed E-state index contributed by atoms with van der Waals surface area (Å²) in [5.74, 6) is 0.577. The van der Waals surface area contributed by atoms with E-state index in [1.165, 1.54) is 18.6 Å². The summed E-state index contributed by atoms with van der Waals surface area (Å²) in [4.78, 5) is 14.0. The molecule has 1 amide bonds. The van der Waals surface area contributed by atoms with E-state index in [-0.39, 0.29) is 5.82 Å². The number of halogens is 2. The molecule has 2 atom stereocenters. The van der Waals surface area contributed by atoms with Gasteiger partial charge in [0.05, 0.1) is 0 Å². The van der Waals surface area contributed by atoms with Gasteiger partial charge in [-0.1, -0.05) is 24.1 Å². The number of nitrogens with zero attached hydrogens (tertiary/aromatic N) is 1. The van der Waals surface area contributed by atoms with Gasteiger partial charge in [0.2, 0.25) is 5.91 Å². The molecule has 1 saturated heterocycles. The highest BCUT2D eigenvalue weighted by Crippen LogP contribution is 2.33. The maximum Gasteiger partial charge on any atom is 0.222 e. The Morgan fingerprint density at radius 1 is 1.29 bits per heavy atom. The van der Waals surface area contributed by atoms with Crippen molar-refractivity contribution in [1.29, 1.82) is 0 Å². The van der Waals surface area contributed by atoms with Crippen molar-refractivity contribution in [3.8, 4) is 0 Å². The number of likely N-dealkylation sites (tertiary alicyclic amines) is 1. The fraction of sp³-hybridized carbons (Fsp3) is 0.588. The zero-order valence-corrected chi connectivity index (χ0v) is 12.9. The number of rotatable bonds is 3. The van der Waals surface area contributed by atoms with E-state index in [4.69, 9.17) is 11.6 Å². The van der Waals surface area contributed by atoms with Crippen LogP contribution in [0.4, 0.5) is 4.39 Å². The molecule has 2 fully saturated rings. The largest absolute Gasteiger partial charge is 0.340 e. The highest BCUT2D eigenvalue weighted by molar-refractivity contribution is 6.31. The van der Waals surface area contributed by atoms with Gasteiger partial charge < -0.3 is 4.90 Å². The quantitative estimate of drug-likeness (QED) is 0.819. The minimum atomic E-state index is -0.284. The van der Waals surface area contributed by atoms with Crippen LogP contribution in [0.5, 0.6) is 0 Å². The summed E-state index contributed by atoms with van der Waals surface area (Å²) in [6.45, 7) is 0.924. The number of hydrogen-bond donors (Lipinski definition) is 0. The number of amides is 1. The second-order valence-corrected chi connectivity index (χ2v) is 6.72. The van der Waals surface area contributed by atoms with E-state index in [9.17, 15) is 9.18 Å². The van der Waals surface area contributed by atoms with Crippen LogP contribution in [0.2, 0.25) is 5.02 Å². The van der Waals surface area contributed by atoms with E-state index in [1.807, 2.05) is 0 Å². The summed E-state index contributed by atoms with van der Waals surface area (Å²) in [7, 11) is 0. The Morgan fingerprint density at radius 2 is 2.14 bits per heavy atom. The molecular weight excluding hydrogens is 289 g/mol. The molecule has 1 aromatic carbocycles. The summed E-state index contributed by atoms with van der Waals surface area (Å²) in [5, 5.41) is 0.523. The van der Waals surface area contributed by atoms with Crippen molar-refractivity contribution in [2.75, 3.05) is 6.54 Å². The molecule has 2 unspecified atom stereocenters. The number of carbonyl (C=O) groups is 1. The van der Waals surface area contributed by atoms with Crippen LogP contribution in [0, 0.1) is 11.7 Å². The maximum absolute atomic E-state index is 13.1. The smallest absolute Gasteiger partial charge is 0.222 e. The monoisotopic (exact) mass is 309 g/mol. The molecule has 114 valence electrons. The Morgan fingerprint density at radius 3 is 2.86 bits per heavy atom.